The van der Waals surface area contributed by atoms with Crippen LogP contribution in [-0.2, 0) is 10.2 Å². The molecular weight excluding hydrogens is 274 g/mol. The second kappa shape index (κ2) is 5.91. The number of hydrogen-bond acceptors (Lipinski definition) is 3. The monoisotopic (exact) mass is 303 g/mol. The van der Waals surface area contributed by atoms with E-state index in [1.807, 2.05) is 0 Å². The summed E-state index contributed by atoms with van der Waals surface area (Å²) in [6.45, 7) is 9.78. The maximum absolute atomic E-state index is 12.6. The summed E-state index contributed by atoms with van der Waals surface area (Å²) in [5.74, 6) is 0. The van der Waals surface area contributed by atoms with E-state index in [-0.39, 0.29) is 17.5 Å². The highest BCUT2D eigenvalue weighted by Gasteiger charge is 2.49. The lowest BCUT2D eigenvalue weighted by molar-refractivity contribution is 0.238. The lowest BCUT2D eigenvalue weighted by Gasteiger charge is -2.35. The van der Waals surface area contributed by atoms with E-state index in [1.54, 1.807) is 4.31 Å². The number of rotatable bonds is 6. The fraction of sp³-hybridized carbons (Fsp3) is 1.00. The minimum atomic E-state index is -3.34. The molecule has 0 aromatic heterocycles. The number of nitrogens with zero attached hydrogens (tertiary/aromatic N) is 1. The van der Waals surface area contributed by atoms with Crippen molar-refractivity contribution in [1.29, 1.82) is 0 Å². The van der Waals surface area contributed by atoms with Gasteiger partial charge in [0.2, 0.25) is 0 Å². The van der Waals surface area contributed by atoms with Gasteiger partial charge in [-0.25, -0.2) is 0 Å². The number of nitrogens with one attached hydrogen (secondary N) is 2. The van der Waals surface area contributed by atoms with Gasteiger partial charge in [0.1, 0.15) is 0 Å². The fourth-order valence-corrected chi connectivity index (χ4v) is 4.62. The Balaban J connectivity index is 1.99. The summed E-state index contributed by atoms with van der Waals surface area (Å²) in [7, 11) is -3.34. The van der Waals surface area contributed by atoms with Crippen molar-refractivity contribution in [2.45, 2.75) is 71.5 Å². The molecule has 1 saturated carbocycles. The third kappa shape index (κ3) is 3.93. The van der Waals surface area contributed by atoms with Crippen molar-refractivity contribution in [3.05, 3.63) is 0 Å². The van der Waals surface area contributed by atoms with Crippen molar-refractivity contribution in [2.24, 2.45) is 5.41 Å². The van der Waals surface area contributed by atoms with Crippen LogP contribution in [0.2, 0.25) is 0 Å². The van der Waals surface area contributed by atoms with E-state index in [0.29, 0.717) is 12.6 Å². The zero-order valence-electron chi connectivity index (χ0n) is 13.1. The Morgan fingerprint density at radius 1 is 1.30 bits per heavy atom. The molecule has 1 aliphatic heterocycles. The standard InChI is InChI=1S/C14H29N3O2S/c1-11(2)15-10-12-7-5-6-8-17(12)20(18,19)16-13-9-14(13,3)4/h11-13,15-16H,5-10H2,1-4H3. The van der Waals surface area contributed by atoms with Gasteiger partial charge in [-0.05, 0) is 24.7 Å². The van der Waals surface area contributed by atoms with Crippen LogP contribution in [0.25, 0.3) is 0 Å². The van der Waals surface area contributed by atoms with Crippen LogP contribution in [0, 0.1) is 5.41 Å². The van der Waals surface area contributed by atoms with Crippen LogP contribution in [0.3, 0.4) is 0 Å². The van der Waals surface area contributed by atoms with Gasteiger partial charge in [-0.3, -0.25) is 0 Å². The number of piperidine rings is 1. The van der Waals surface area contributed by atoms with Gasteiger partial charge in [-0.15, -0.1) is 0 Å². The molecule has 2 N–H and O–H groups in total. The van der Waals surface area contributed by atoms with Crippen molar-refractivity contribution >= 4 is 10.2 Å². The SMILES string of the molecule is CC(C)NCC1CCCCN1S(=O)(=O)NC1CC1(C)C. The summed E-state index contributed by atoms with van der Waals surface area (Å²) in [5, 5.41) is 3.37. The van der Waals surface area contributed by atoms with Crippen molar-refractivity contribution in [2.75, 3.05) is 13.1 Å². The first-order chi connectivity index (χ1) is 9.22. The first-order valence-electron chi connectivity index (χ1n) is 7.75. The quantitative estimate of drug-likeness (QED) is 0.781. The van der Waals surface area contributed by atoms with Gasteiger partial charge >= 0.3 is 0 Å². The zero-order valence-corrected chi connectivity index (χ0v) is 14.0. The van der Waals surface area contributed by atoms with Crippen molar-refractivity contribution < 1.29 is 8.42 Å². The molecule has 0 bridgehead atoms. The molecule has 1 aliphatic carbocycles. The second-order valence-corrected chi connectivity index (χ2v) is 8.85. The van der Waals surface area contributed by atoms with Gasteiger partial charge in [-0.2, -0.15) is 17.4 Å². The molecule has 0 amide bonds. The van der Waals surface area contributed by atoms with Gasteiger partial charge in [-0.1, -0.05) is 34.1 Å². The predicted octanol–water partition coefficient (Wildman–Crippen LogP) is 1.47. The van der Waals surface area contributed by atoms with Crippen LogP contribution >= 0.6 is 0 Å². The molecule has 0 aromatic carbocycles. The topological polar surface area (TPSA) is 61.4 Å². The predicted molar refractivity (Wildman–Crippen MR) is 81.7 cm³/mol. The Kier molecular flexibility index (Phi) is 4.79. The zero-order chi connectivity index (χ0) is 15.0. The van der Waals surface area contributed by atoms with Crippen LogP contribution in [0.5, 0.6) is 0 Å². The molecule has 2 fully saturated rings. The van der Waals surface area contributed by atoms with Gasteiger partial charge in [0.25, 0.3) is 10.2 Å². The molecule has 2 unspecified atom stereocenters. The molecule has 118 valence electrons. The molecule has 1 saturated heterocycles. The van der Waals surface area contributed by atoms with Crippen LogP contribution < -0.4 is 10.0 Å². The molecular formula is C14H29N3O2S. The lowest BCUT2D eigenvalue weighted by Crippen LogP contribution is -2.53. The summed E-state index contributed by atoms with van der Waals surface area (Å²) >= 11 is 0. The molecule has 5 nitrogen and oxygen atoms in total. The molecule has 0 aromatic rings. The summed E-state index contributed by atoms with van der Waals surface area (Å²) < 4.78 is 29.7. The van der Waals surface area contributed by atoms with Gasteiger partial charge in [0.15, 0.2) is 0 Å². The highest BCUT2D eigenvalue weighted by atomic mass is 32.2. The van der Waals surface area contributed by atoms with Gasteiger partial charge in [0.05, 0.1) is 0 Å². The molecule has 20 heavy (non-hydrogen) atoms. The van der Waals surface area contributed by atoms with Crippen molar-refractivity contribution in [3.8, 4) is 0 Å². The van der Waals surface area contributed by atoms with E-state index in [0.717, 1.165) is 32.2 Å². The van der Waals surface area contributed by atoms with E-state index in [9.17, 15) is 8.42 Å². The van der Waals surface area contributed by atoms with Crippen molar-refractivity contribution in [1.82, 2.24) is 14.3 Å². The molecule has 1 heterocycles. The van der Waals surface area contributed by atoms with Crippen LogP contribution in [0.1, 0.15) is 53.4 Å². The molecule has 6 heteroatoms. The Labute approximate surface area is 123 Å². The van der Waals surface area contributed by atoms with E-state index < -0.39 is 10.2 Å². The fourth-order valence-electron chi connectivity index (χ4n) is 2.78. The van der Waals surface area contributed by atoms with Crippen LogP contribution in [0.4, 0.5) is 0 Å². The van der Waals surface area contributed by atoms with Crippen molar-refractivity contribution in [3.63, 3.8) is 0 Å². The molecule has 0 spiro atoms. The Morgan fingerprint density at radius 2 is 1.95 bits per heavy atom. The average Bonchev–Trinajstić information content (AvgIpc) is 2.93. The molecule has 2 atom stereocenters. The smallest absolute Gasteiger partial charge is 0.280 e. The first-order valence-corrected chi connectivity index (χ1v) is 9.19. The summed E-state index contributed by atoms with van der Waals surface area (Å²) in [6, 6.07) is 0.579. The van der Waals surface area contributed by atoms with Gasteiger partial charge in [0, 0.05) is 31.2 Å². The lowest BCUT2D eigenvalue weighted by atomic mass is 10.0. The van der Waals surface area contributed by atoms with Crippen LogP contribution in [0.15, 0.2) is 0 Å². The van der Waals surface area contributed by atoms with E-state index in [2.05, 4.69) is 37.7 Å². The second-order valence-electron chi connectivity index (χ2n) is 7.19. The Hall–Kier alpha value is -0.170. The van der Waals surface area contributed by atoms with E-state index >= 15 is 0 Å². The highest BCUT2D eigenvalue weighted by Crippen LogP contribution is 2.45. The summed E-state index contributed by atoms with van der Waals surface area (Å²) in [6.07, 6.45) is 3.97. The maximum atomic E-state index is 12.6. The van der Waals surface area contributed by atoms with E-state index in [4.69, 9.17) is 0 Å². The Morgan fingerprint density at radius 3 is 2.50 bits per heavy atom. The third-order valence-corrected chi connectivity index (χ3v) is 6.13. The molecule has 0 radical (unpaired) electrons. The minimum Gasteiger partial charge on any atom is -0.313 e. The van der Waals surface area contributed by atoms with Crippen LogP contribution in [-0.4, -0.2) is 43.9 Å². The largest absolute Gasteiger partial charge is 0.313 e. The Bertz CT molecular complexity index is 434. The maximum Gasteiger partial charge on any atom is 0.280 e. The number of hydrogen-bond donors (Lipinski definition) is 2. The minimum absolute atomic E-state index is 0.0884. The first kappa shape index (κ1) is 16.2. The molecule has 2 aliphatic rings. The normalized spacial score (nSPS) is 30.6. The third-order valence-electron chi connectivity index (χ3n) is 4.45. The highest BCUT2D eigenvalue weighted by molar-refractivity contribution is 7.87. The molecule has 2 rings (SSSR count). The van der Waals surface area contributed by atoms with Gasteiger partial charge < -0.3 is 5.32 Å². The summed E-state index contributed by atoms with van der Waals surface area (Å²) in [5.41, 5.74) is 0.120. The average molecular weight is 303 g/mol. The summed E-state index contributed by atoms with van der Waals surface area (Å²) in [4.78, 5) is 0. The van der Waals surface area contributed by atoms with E-state index in [1.165, 1.54) is 0 Å².